The molecule has 0 spiro atoms. The Balaban J connectivity index is 1.99. The van der Waals surface area contributed by atoms with Gasteiger partial charge in [0, 0.05) is 22.0 Å². The molecule has 0 unspecified atom stereocenters. The van der Waals surface area contributed by atoms with E-state index in [1.54, 1.807) is 0 Å². The fourth-order valence-corrected chi connectivity index (χ4v) is 3.23. The van der Waals surface area contributed by atoms with Crippen molar-refractivity contribution in [3.05, 3.63) is 68.6 Å². The van der Waals surface area contributed by atoms with E-state index in [0.29, 0.717) is 0 Å². The summed E-state index contributed by atoms with van der Waals surface area (Å²) in [6.07, 6.45) is 0.215. The molecule has 1 saturated heterocycles. The normalized spacial score (nSPS) is 15.3. The van der Waals surface area contributed by atoms with Gasteiger partial charge in [0.05, 0.1) is 6.10 Å². The van der Waals surface area contributed by atoms with Gasteiger partial charge < -0.3 is 10.1 Å². The van der Waals surface area contributed by atoms with E-state index >= 15 is 0 Å². The van der Waals surface area contributed by atoms with Crippen molar-refractivity contribution in [3.8, 4) is 0 Å². The van der Waals surface area contributed by atoms with Gasteiger partial charge in [-0.25, -0.2) is 0 Å². The first kappa shape index (κ1) is 14.3. The van der Waals surface area contributed by atoms with Crippen LogP contribution in [0.1, 0.15) is 17.2 Å². The monoisotopic (exact) mass is 395 g/mol. The lowest BCUT2D eigenvalue weighted by Gasteiger charge is -2.32. The number of benzene rings is 2. The number of nitrogens with one attached hydrogen (secondary N) is 1. The van der Waals surface area contributed by atoms with Gasteiger partial charge in [0.2, 0.25) is 0 Å². The highest BCUT2D eigenvalue weighted by molar-refractivity contribution is 9.10. The Morgan fingerprint density at radius 3 is 1.80 bits per heavy atom. The SMILES string of the molecule is Brc1ccccc1C(OC1CNC1)c1ccccc1Br. The van der Waals surface area contributed by atoms with Gasteiger partial charge in [0.1, 0.15) is 6.10 Å². The average molecular weight is 397 g/mol. The minimum Gasteiger partial charge on any atom is -0.363 e. The van der Waals surface area contributed by atoms with Crippen LogP contribution in [-0.4, -0.2) is 19.2 Å². The molecule has 1 fully saturated rings. The van der Waals surface area contributed by atoms with Crippen LogP contribution in [0.25, 0.3) is 0 Å². The molecule has 2 aromatic rings. The summed E-state index contributed by atoms with van der Waals surface area (Å²) >= 11 is 7.28. The van der Waals surface area contributed by atoms with E-state index in [1.165, 1.54) is 0 Å². The average Bonchev–Trinajstić information content (AvgIpc) is 2.40. The molecule has 1 heterocycles. The summed E-state index contributed by atoms with van der Waals surface area (Å²) in [5.74, 6) is 0. The number of hydrogen-bond acceptors (Lipinski definition) is 2. The Labute approximate surface area is 135 Å². The molecule has 0 amide bonds. The maximum Gasteiger partial charge on any atom is 0.110 e. The van der Waals surface area contributed by atoms with Gasteiger partial charge in [-0.3, -0.25) is 0 Å². The summed E-state index contributed by atoms with van der Waals surface area (Å²) in [6.45, 7) is 1.84. The lowest BCUT2D eigenvalue weighted by molar-refractivity contribution is -0.0207. The van der Waals surface area contributed by atoms with E-state index in [1.807, 2.05) is 24.3 Å². The van der Waals surface area contributed by atoms with Crippen LogP contribution in [0.3, 0.4) is 0 Å². The van der Waals surface area contributed by atoms with Gasteiger partial charge in [-0.05, 0) is 23.3 Å². The van der Waals surface area contributed by atoms with Crippen LogP contribution in [0.4, 0.5) is 0 Å². The molecule has 0 bridgehead atoms. The van der Waals surface area contributed by atoms with Crippen molar-refractivity contribution in [1.82, 2.24) is 5.32 Å². The molecule has 4 heteroatoms. The summed E-state index contributed by atoms with van der Waals surface area (Å²) < 4.78 is 8.45. The second-order valence-electron chi connectivity index (χ2n) is 4.84. The van der Waals surface area contributed by atoms with Gasteiger partial charge in [0.25, 0.3) is 0 Å². The zero-order valence-electron chi connectivity index (χ0n) is 10.9. The maximum absolute atomic E-state index is 6.30. The van der Waals surface area contributed by atoms with Crippen LogP contribution in [0, 0.1) is 0 Å². The van der Waals surface area contributed by atoms with Crippen LogP contribution in [-0.2, 0) is 4.74 Å². The fraction of sp³-hybridized carbons (Fsp3) is 0.250. The standard InChI is InChI=1S/C16H15Br2NO/c17-14-7-3-1-5-12(14)16(20-11-9-19-10-11)13-6-2-4-8-15(13)18/h1-8,11,16,19H,9-10H2. The summed E-state index contributed by atoms with van der Waals surface area (Å²) in [6, 6.07) is 16.5. The minimum atomic E-state index is -0.0618. The van der Waals surface area contributed by atoms with E-state index in [0.717, 1.165) is 33.2 Å². The highest BCUT2D eigenvalue weighted by Crippen LogP contribution is 2.36. The molecule has 1 N–H and O–H groups in total. The van der Waals surface area contributed by atoms with Crippen LogP contribution >= 0.6 is 31.9 Å². The third-order valence-electron chi connectivity index (χ3n) is 3.45. The minimum absolute atomic E-state index is 0.0618. The quantitative estimate of drug-likeness (QED) is 0.832. The highest BCUT2D eigenvalue weighted by atomic mass is 79.9. The number of hydrogen-bond donors (Lipinski definition) is 1. The molecule has 2 nitrogen and oxygen atoms in total. The lowest BCUT2D eigenvalue weighted by Crippen LogP contribution is -2.49. The molecule has 0 aliphatic carbocycles. The molecule has 0 atom stereocenters. The van der Waals surface area contributed by atoms with Crippen LogP contribution in [0.5, 0.6) is 0 Å². The van der Waals surface area contributed by atoms with Crippen molar-refractivity contribution >= 4 is 31.9 Å². The molecule has 3 rings (SSSR count). The first-order chi connectivity index (χ1) is 9.75. The molecular weight excluding hydrogens is 382 g/mol. The van der Waals surface area contributed by atoms with Gasteiger partial charge >= 0.3 is 0 Å². The topological polar surface area (TPSA) is 21.3 Å². The Bertz CT molecular complexity index is 553. The van der Waals surface area contributed by atoms with Crippen molar-refractivity contribution in [3.63, 3.8) is 0 Å². The van der Waals surface area contributed by atoms with E-state index in [2.05, 4.69) is 61.4 Å². The molecule has 20 heavy (non-hydrogen) atoms. The molecule has 1 aliphatic heterocycles. The number of ether oxygens (including phenoxy) is 1. The molecule has 1 aliphatic rings. The Kier molecular flexibility index (Phi) is 4.56. The van der Waals surface area contributed by atoms with Gasteiger partial charge in [-0.1, -0.05) is 68.3 Å². The zero-order valence-corrected chi connectivity index (χ0v) is 14.0. The van der Waals surface area contributed by atoms with Gasteiger partial charge in [-0.2, -0.15) is 0 Å². The predicted octanol–water partition coefficient (Wildman–Crippen LogP) is 4.29. The summed E-state index contributed by atoms with van der Waals surface area (Å²) in [4.78, 5) is 0. The Morgan fingerprint density at radius 2 is 1.40 bits per heavy atom. The van der Waals surface area contributed by atoms with E-state index in [4.69, 9.17) is 4.74 Å². The fourth-order valence-electron chi connectivity index (χ4n) is 2.24. The zero-order chi connectivity index (χ0) is 13.9. The van der Waals surface area contributed by atoms with Gasteiger partial charge in [0.15, 0.2) is 0 Å². The van der Waals surface area contributed by atoms with Crippen LogP contribution in [0.15, 0.2) is 57.5 Å². The second-order valence-corrected chi connectivity index (χ2v) is 6.55. The molecule has 2 aromatic carbocycles. The summed E-state index contributed by atoms with van der Waals surface area (Å²) in [7, 11) is 0. The van der Waals surface area contributed by atoms with Crippen molar-refractivity contribution < 1.29 is 4.74 Å². The molecule has 0 saturated carbocycles. The number of halogens is 2. The second kappa shape index (κ2) is 6.39. The first-order valence-electron chi connectivity index (χ1n) is 6.61. The third-order valence-corrected chi connectivity index (χ3v) is 4.89. The van der Waals surface area contributed by atoms with E-state index in [-0.39, 0.29) is 12.2 Å². The van der Waals surface area contributed by atoms with Gasteiger partial charge in [-0.15, -0.1) is 0 Å². The van der Waals surface area contributed by atoms with Crippen molar-refractivity contribution in [2.24, 2.45) is 0 Å². The van der Waals surface area contributed by atoms with E-state index < -0.39 is 0 Å². The number of rotatable bonds is 4. The Morgan fingerprint density at radius 1 is 0.900 bits per heavy atom. The Hall–Kier alpha value is -0.680. The maximum atomic E-state index is 6.30. The van der Waals surface area contributed by atoms with Crippen molar-refractivity contribution in [1.29, 1.82) is 0 Å². The lowest BCUT2D eigenvalue weighted by atomic mass is 10.0. The smallest absolute Gasteiger partial charge is 0.110 e. The largest absolute Gasteiger partial charge is 0.363 e. The first-order valence-corrected chi connectivity index (χ1v) is 8.19. The van der Waals surface area contributed by atoms with Crippen LogP contribution < -0.4 is 5.32 Å². The predicted molar refractivity (Wildman–Crippen MR) is 87.9 cm³/mol. The molecular formula is C16H15Br2NO. The third kappa shape index (κ3) is 2.98. The van der Waals surface area contributed by atoms with Crippen molar-refractivity contribution in [2.45, 2.75) is 12.2 Å². The molecule has 104 valence electrons. The molecule has 0 radical (unpaired) electrons. The summed E-state index contributed by atoms with van der Waals surface area (Å²) in [5.41, 5.74) is 2.32. The van der Waals surface area contributed by atoms with Crippen LogP contribution in [0.2, 0.25) is 0 Å². The highest BCUT2D eigenvalue weighted by Gasteiger charge is 2.26. The van der Waals surface area contributed by atoms with Crippen molar-refractivity contribution in [2.75, 3.05) is 13.1 Å². The molecule has 0 aromatic heterocycles. The van der Waals surface area contributed by atoms with E-state index in [9.17, 15) is 0 Å². The summed E-state index contributed by atoms with van der Waals surface area (Å²) in [5, 5.41) is 3.25.